The van der Waals surface area contributed by atoms with Crippen LogP contribution in [0.3, 0.4) is 0 Å². The number of pyridine rings is 1. The second-order valence-electron chi connectivity index (χ2n) is 4.90. The molecule has 5 heteroatoms. The summed E-state index contributed by atoms with van der Waals surface area (Å²) in [5, 5.41) is 17.9. The van der Waals surface area contributed by atoms with Gasteiger partial charge in [-0.2, -0.15) is 5.26 Å². The highest BCUT2D eigenvalue weighted by molar-refractivity contribution is 5.73. The lowest BCUT2D eigenvalue weighted by molar-refractivity contribution is -0.142. The van der Waals surface area contributed by atoms with E-state index in [2.05, 4.69) is 9.88 Å². The summed E-state index contributed by atoms with van der Waals surface area (Å²) in [6.07, 6.45) is 4.21. The van der Waals surface area contributed by atoms with Crippen molar-refractivity contribution >= 4 is 11.8 Å². The van der Waals surface area contributed by atoms with E-state index in [4.69, 9.17) is 5.26 Å². The van der Waals surface area contributed by atoms with Crippen LogP contribution in [0.5, 0.6) is 0 Å². The molecule has 3 unspecified atom stereocenters. The molecule has 0 aromatic carbocycles. The van der Waals surface area contributed by atoms with Crippen LogP contribution in [-0.2, 0) is 4.79 Å². The zero-order chi connectivity index (χ0) is 12.7. The van der Waals surface area contributed by atoms with E-state index >= 15 is 0 Å². The van der Waals surface area contributed by atoms with Crippen LogP contribution in [0.1, 0.15) is 24.8 Å². The molecule has 92 valence electrons. The van der Waals surface area contributed by atoms with Crippen molar-refractivity contribution in [1.29, 1.82) is 5.26 Å². The van der Waals surface area contributed by atoms with E-state index in [1.165, 1.54) is 0 Å². The Balaban J connectivity index is 1.89. The maximum Gasteiger partial charge on any atom is 0.308 e. The van der Waals surface area contributed by atoms with Crippen LogP contribution in [-0.4, -0.2) is 28.1 Å². The second kappa shape index (κ2) is 3.98. The van der Waals surface area contributed by atoms with Crippen LogP contribution < -0.4 is 4.90 Å². The molecule has 18 heavy (non-hydrogen) atoms. The Morgan fingerprint density at radius 2 is 2.33 bits per heavy atom. The van der Waals surface area contributed by atoms with Crippen molar-refractivity contribution in [2.24, 2.45) is 5.92 Å². The Hall–Kier alpha value is -2.09. The highest BCUT2D eigenvalue weighted by atomic mass is 16.4. The third kappa shape index (κ3) is 1.53. The van der Waals surface area contributed by atoms with Gasteiger partial charge in [-0.25, -0.2) is 4.98 Å². The normalized spacial score (nSPS) is 29.3. The zero-order valence-corrected chi connectivity index (χ0v) is 9.78. The molecule has 0 saturated carbocycles. The second-order valence-corrected chi connectivity index (χ2v) is 4.90. The van der Waals surface area contributed by atoms with Gasteiger partial charge in [0, 0.05) is 18.3 Å². The van der Waals surface area contributed by atoms with Crippen LogP contribution in [0.2, 0.25) is 0 Å². The standard InChI is InChI=1S/C13H13N3O2/c14-6-8-1-4-12(15-7-8)16-9-2-3-11(16)10(5-9)13(17)18/h1,4,7,9-11H,2-3,5H2,(H,17,18). The number of rotatable bonds is 2. The maximum absolute atomic E-state index is 11.2. The lowest BCUT2D eigenvalue weighted by Crippen LogP contribution is -2.33. The number of nitrogens with zero attached hydrogens (tertiary/aromatic N) is 3. The van der Waals surface area contributed by atoms with Crippen molar-refractivity contribution in [2.45, 2.75) is 31.3 Å². The number of carboxylic acids is 1. The van der Waals surface area contributed by atoms with Crippen molar-refractivity contribution in [3.8, 4) is 6.07 Å². The molecular weight excluding hydrogens is 230 g/mol. The van der Waals surface area contributed by atoms with Crippen molar-refractivity contribution in [3.05, 3.63) is 23.9 Å². The molecule has 1 aromatic heterocycles. The molecule has 0 spiro atoms. The Morgan fingerprint density at radius 3 is 2.89 bits per heavy atom. The van der Waals surface area contributed by atoms with E-state index in [1.807, 2.05) is 12.1 Å². The molecule has 2 aliphatic rings. The topological polar surface area (TPSA) is 77.2 Å². The van der Waals surface area contributed by atoms with Gasteiger partial charge in [0.15, 0.2) is 0 Å². The van der Waals surface area contributed by atoms with E-state index in [-0.39, 0.29) is 18.0 Å². The minimum Gasteiger partial charge on any atom is -0.481 e. The molecule has 5 nitrogen and oxygen atoms in total. The van der Waals surface area contributed by atoms with Gasteiger partial charge < -0.3 is 10.0 Å². The molecule has 3 rings (SSSR count). The molecule has 3 atom stereocenters. The fourth-order valence-electron chi connectivity index (χ4n) is 3.22. The molecule has 0 aliphatic carbocycles. The third-order valence-electron chi connectivity index (χ3n) is 4.00. The van der Waals surface area contributed by atoms with Gasteiger partial charge >= 0.3 is 5.97 Å². The van der Waals surface area contributed by atoms with Crippen LogP contribution in [0.15, 0.2) is 18.3 Å². The van der Waals surface area contributed by atoms with Gasteiger partial charge in [-0.15, -0.1) is 0 Å². The molecule has 2 aliphatic heterocycles. The molecule has 0 radical (unpaired) electrons. The minimum absolute atomic E-state index is 0.0629. The van der Waals surface area contributed by atoms with Crippen molar-refractivity contribution in [3.63, 3.8) is 0 Å². The number of aromatic nitrogens is 1. The van der Waals surface area contributed by atoms with Gasteiger partial charge in [0.05, 0.1) is 11.5 Å². The van der Waals surface area contributed by atoms with Gasteiger partial charge in [-0.3, -0.25) is 4.79 Å². The first kappa shape index (κ1) is 11.0. The Morgan fingerprint density at radius 1 is 1.50 bits per heavy atom. The average molecular weight is 243 g/mol. The zero-order valence-electron chi connectivity index (χ0n) is 9.78. The molecule has 2 bridgehead atoms. The Bertz CT molecular complexity index is 520. The van der Waals surface area contributed by atoms with Crippen molar-refractivity contribution < 1.29 is 9.90 Å². The van der Waals surface area contributed by atoms with E-state index in [9.17, 15) is 9.90 Å². The summed E-state index contributed by atoms with van der Waals surface area (Å²) in [5.74, 6) is -0.188. The summed E-state index contributed by atoms with van der Waals surface area (Å²) >= 11 is 0. The monoisotopic (exact) mass is 243 g/mol. The van der Waals surface area contributed by atoms with Crippen LogP contribution in [0.4, 0.5) is 5.82 Å². The van der Waals surface area contributed by atoms with Gasteiger partial charge in [0.2, 0.25) is 0 Å². The summed E-state index contributed by atoms with van der Waals surface area (Å²) < 4.78 is 0. The first-order valence-electron chi connectivity index (χ1n) is 6.08. The van der Waals surface area contributed by atoms with Crippen LogP contribution in [0, 0.1) is 17.2 Å². The fourth-order valence-corrected chi connectivity index (χ4v) is 3.22. The number of carbonyl (C=O) groups is 1. The summed E-state index contributed by atoms with van der Waals surface area (Å²) in [4.78, 5) is 17.6. The number of hydrogen-bond donors (Lipinski definition) is 1. The number of anilines is 1. The SMILES string of the molecule is N#Cc1ccc(N2C3CCC2C(C(=O)O)C3)nc1. The molecule has 2 saturated heterocycles. The Labute approximate surface area is 105 Å². The van der Waals surface area contributed by atoms with E-state index in [0.29, 0.717) is 12.0 Å². The molecule has 1 N–H and O–H groups in total. The number of nitriles is 1. The van der Waals surface area contributed by atoms with E-state index < -0.39 is 5.97 Å². The molecule has 2 fully saturated rings. The van der Waals surface area contributed by atoms with Crippen molar-refractivity contribution in [1.82, 2.24) is 4.98 Å². The minimum atomic E-state index is -0.708. The highest BCUT2D eigenvalue weighted by Crippen LogP contribution is 2.43. The average Bonchev–Trinajstić information content (AvgIpc) is 2.96. The third-order valence-corrected chi connectivity index (χ3v) is 4.00. The van der Waals surface area contributed by atoms with Gasteiger partial charge in [0.25, 0.3) is 0 Å². The first-order valence-corrected chi connectivity index (χ1v) is 6.08. The van der Waals surface area contributed by atoms with Gasteiger partial charge in [-0.05, 0) is 31.4 Å². The predicted octanol–water partition coefficient (Wildman–Crippen LogP) is 1.40. The number of fused-ring (bicyclic) bond motifs is 2. The molecule has 1 aromatic rings. The lowest BCUT2D eigenvalue weighted by Gasteiger charge is -2.24. The highest BCUT2D eigenvalue weighted by Gasteiger charge is 2.49. The molecule has 0 amide bonds. The van der Waals surface area contributed by atoms with Gasteiger partial charge in [0.1, 0.15) is 11.9 Å². The number of carboxylic acid groups (broad SMARTS) is 1. The summed E-state index contributed by atoms with van der Waals surface area (Å²) in [6.45, 7) is 0. The largest absolute Gasteiger partial charge is 0.481 e. The quantitative estimate of drug-likeness (QED) is 0.849. The fraction of sp³-hybridized carbons (Fsp3) is 0.462. The molecule has 3 heterocycles. The van der Waals surface area contributed by atoms with Crippen molar-refractivity contribution in [2.75, 3.05) is 4.90 Å². The number of hydrogen-bond acceptors (Lipinski definition) is 4. The van der Waals surface area contributed by atoms with E-state index in [0.717, 1.165) is 18.7 Å². The van der Waals surface area contributed by atoms with Gasteiger partial charge in [-0.1, -0.05) is 0 Å². The smallest absolute Gasteiger partial charge is 0.308 e. The predicted molar refractivity (Wildman–Crippen MR) is 64.0 cm³/mol. The molecular formula is C13H13N3O2. The van der Waals surface area contributed by atoms with Crippen LogP contribution in [0.25, 0.3) is 0 Å². The lowest BCUT2D eigenvalue weighted by atomic mass is 9.89. The maximum atomic E-state index is 11.2. The summed E-state index contributed by atoms with van der Waals surface area (Å²) in [7, 11) is 0. The number of aliphatic carboxylic acids is 1. The van der Waals surface area contributed by atoms with Crippen LogP contribution >= 0.6 is 0 Å². The van der Waals surface area contributed by atoms with E-state index in [1.54, 1.807) is 12.3 Å². The summed E-state index contributed by atoms with van der Waals surface area (Å²) in [5.41, 5.74) is 0.528. The Kier molecular flexibility index (Phi) is 2.44. The summed E-state index contributed by atoms with van der Waals surface area (Å²) in [6, 6.07) is 5.93. The first-order chi connectivity index (χ1) is 8.70.